The van der Waals surface area contributed by atoms with Gasteiger partial charge in [0, 0.05) is 19.8 Å². The lowest BCUT2D eigenvalue weighted by molar-refractivity contribution is 0.102. The second kappa shape index (κ2) is 6.16. The fourth-order valence-electron chi connectivity index (χ4n) is 1.62. The van der Waals surface area contributed by atoms with Crippen molar-refractivity contribution >= 4 is 27.5 Å². The zero-order valence-corrected chi connectivity index (χ0v) is 13.1. The Morgan fingerprint density at radius 3 is 2.55 bits per heavy atom. The van der Waals surface area contributed by atoms with Crippen LogP contribution >= 0.6 is 0 Å². The van der Waals surface area contributed by atoms with E-state index in [9.17, 15) is 13.2 Å². The van der Waals surface area contributed by atoms with Crippen molar-refractivity contribution in [3.05, 3.63) is 41.8 Å². The molecule has 118 valence electrons. The van der Waals surface area contributed by atoms with Crippen molar-refractivity contribution in [1.82, 2.24) is 9.46 Å². The van der Waals surface area contributed by atoms with E-state index in [0.717, 1.165) is 4.31 Å². The van der Waals surface area contributed by atoms with Crippen molar-refractivity contribution in [3.8, 4) is 0 Å². The lowest BCUT2D eigenvalue weighted by Gasteiger charge is -2.14. The van der Waals surface area contributed by atoms with Gasteiger partial charge in [0.05, 0.1) is 11.9 Å². The Hall–Kier alpha value is -2.39. The van der Waals surface area contributed by atoms with Gasteiger partial charge in [0.25, 0.3) is 5.91 Å². The van der Waals surface area contributed by atoms with E-state index in [-0.39, 0.29) is 5.91 Å². The lowest BCUT2D eigenvalue weighted by Crippen LogP contribution is -2.28. The van der Waals surface area contributed by atoms with Gasteiger partial charge in [0.1, 0.15) is 11.3 Å². The van der Waals surface area contributed by atoms with Gasteiger partial charge in [0.15, 0.2) is 0 Å². The lowest BCUT2D eigenvalue weighted by atomic mass is 10.2. The number of nitrogens with one attached hydrogen (secondary N) is 2. The number of aromatic nitrogens is 1. The van der Waals surface area contributed by atoms with E-state index in [1.807, 2.05) is 0 Å². The molecule has 2 N–H and O–H groups in total. The molecule has 0 atom stereocenters. The minimum atomic E-state index is -3.60. The number of hydrogen-bond donors (Lipinski definition) is 2. The van der Waals surface area contributed by atoms with Crippen molar-refractivity contribution in [2.24, 2.45) is 0 Å². The maximum absolute atomic E-state index is 12.0. The monoisotopic (exact) mass is 324 g/mol. The van der Waals surface area contributed by atoms with Crippen LogP contribution in [0.15, 0.2) is 35.0 Å². The molecular weight excluding hydrogens is 308 g/mol. The van der Waals surface area contributed by atoms with Gasteiger partial charge in [-0.05, 0) is 25.1 Å². The Bertz CT molecular complexity index is 783. The third-order valence-electron chi connectivity index (χ3n) is 2.84. The van der Waals surface area contributed by atoms with Gasteiger partial charge in [0.2, 0.25) is 0 Å². The minimum absolute atomic E-state index is 0.319. The number of amides is 1. The van der Waals surface area contributed by atoms with Crippen LogP contribution in [0.2, 0.25) is 0 Å². The van der Waals surface area contributed by atoms with Crippen LogP contribution in [0.4, 0.5) is 11.4 Å². The number of anilines is 2. The molecule has 0 fully saturated rings. The van der Waals surface area contributed by atoms with Gasteiger partial charge in [-0.1, -0.05) is 11.2 Å². The molecule has 0 bridgehead atoms. The third-order valence-corrected chi connectivity index (χ3v) is 4.30. The van der Waals surface area contributed by atoms with Crippen LogP contribution in [0.25, 0.3) is 0 Å². The summed E-state index contributed by atoms with van der Waals surface area (Å²) in [6.07, 6.45) is 1.32. The molecule has 8 nitrogen and oxygen atoms in total. The zero-order valence-electron chi connectivity index (χ0n) is 12.3. The van der Waals surface area contributed by atoms with Gasteiger partial charge in [-0.2, -0.15) is 12.7 Å². The number of nitrogens with zero attached hydrogens (tertiary/aromatic N) is 2. The second-order valence-corrected chi connectivity index (χ2v) is 6.60. The minimum Gasteiger partial charge on any atom is -0.361 e. The zero-order chi connectivity index (χ0) is 16.3. The van der Waals surface area contributed by atoms with Crippen LogP contribution in [0.1, 0.15) is 16.1 Å². The molecule has 0 aliphatic heterocycles. The third kappa shape index (κ3) is 3.62. The SMILES string of the molecule is Cc1oncc1C(=O)Nc1cccc(NS(=O)(=O)N(C)C)c1. The first kappa shape index (κ1) is 16.0. The summed E-state index contributed by atoms with van der Waals surface area (Å²) >= 11 is 0. The normalized spacial score (nSPS) is 11.5. The Balaban J connectivity index is 2.16. The van der Waals surface area contributed by atoms with Crippen LogP contribution in [-0.2, 0) is 10.2 Å². The van der Waals surface area contributed by atoms with Crippen LogP contribution < -0.4 is 10.0 Å². The first-order valence-corrected chi connectivity index (χ1v) is 7.76. The standard InChI is InChI=1S/C13H16N4O4S/c1-9-12(8-14-21-9)13(18)15-10-5-4-6-11(7-10)16-22(19,20)17(2)3/h4-8,16H,1-3H3,(H,15,18). The predicted octanol–water partition coefficient (Wildman–Crippen LogP) is 1.45. The molecule has 1 aromatic heterocycles. The van der Waals surface area contributed by atoms with Gasteiger partial charge in [-0.15, -0.1) is 0 Å². The maximum Gasteiger partial charge on any atom is 0.301 e. The molecule has 0 saturated heterocycles. The fourth-order valence-corrected chi connectivity index (χ4v) is 2.22. The van der Waals surface area contributed by atoms with Crippen LogP contribution in [0.3, 0.4) is 0 Å². The summed E-state index contributed by atoms with van der Waals surface area (Å²) in [5.74, 6) is 0.0216. The van der Waals surface area contributed by atoms with Gasteiger partial charge < -0.3 is 9.84 Å². The summed E-state index contributed by atoms with van der Waals surface area (Å²) in [7, 11) is -0.762. The Morgan fingerprint density at radius 1 is 1.27 bits per heavy atom. The molecule has 1 aromatic carbocycles. The van der Waals surface area contributed by atoms with Crippen LogP contribution in [0, 0.1) is 6.92 Å². The molecule has 0 aliphatic carbocycles. The number of aryl methyl sites for hydroxylation is 1. The topological polar surface area (TPSA) is 105 Å². The van der Waals surface area contributed by atoms with Crippen molar-refractivity contribution in [3.63, 3.8) is 0 Å². The van der Waals surface area contributed by atoms with E-state index in [0.29, 0.717) is 22.7 Å². The molecule has 2 rings (SSSR count). The molecule has 2 aromatic rings. The van der Waals surface area contributed by atoms with Crippen LogP contribution in [-0.4, -0.2) is 37.9 Å². The summed E-state index contributed by atoms with van der Waals surface area (Å²) in [5.41, 5.74) is 1.11. The second-order valence-electron chi connectivity index (χ2n) is 4.72. The van der Waals surface area contributed by atoms with Crippen molar-refractivity contribution in [2.75, 3.05) is 24.1 Å². The van der Waals surface area contributed by atoms with Gasteiger partial charge >= 0.3 is 10.2 Å². The van der Waals surface area contributed by atoms with E-state index in [2.05, 4.69) is 15.2 Å². The van der Waals surface area contributed by atoms with E-state index in [1.54, 1.807) is 25.1 Å². The molecule has 1 heterocycles. The highest BCUT2D eigenvalue weighted by Gasteiger charge is 2.15. The largest absolute Gasteiger partial charge is 0.361 e. The average Bonchev–Trinajstić information content (AvgIpc) is 2.84. The first-order chi connectivity index (χ1) is 10.3. The summed E-state index contributed by atoms with van der Waals surface area (Å²) in [6.45, 7) is 1.63. The molecule has 22 heavy (non-hydrogen) atoms. The predicted molar refractivity (Wildman–Crippen MR) is 81.9 cm³/mol. The molecule has 0 radical (unpaired) electrons. The van der Waals surface area contributed by atoms with E-state index in [1.165, 1.54) is 26.4 Å². The maximum atomic E-state index is 12.0. The number of carbonyl (C=O) groups is 1. The van der Waals surface area contributed by atoms with E-state index >= 15 is 0 Å². The number of rotatable bonds is 5. The number of carbonyl (C=O) groups excluding carboxylic acids is 1. The smallest absolute Gasteiger partial charge is 0.301 e. The highest BCUT2D eigenvalue weighted by atomic mass is 32.2. The van der Waals surface area contributed by atoms with Crippen LogP contribution in [0.5, 0.6) is 0 Å². The Morgan fingerprint density at radius 2 is 1.95 bits per heavy atom. The Labute approximate surface area is 128 Å². The van der Waals surface area contributed by atoms with Crippen molar-refractivity contribution in [1.29, 1.82) is 0 Å². The summed E-state index contributed by atoms with van der Waals surface area (Å²) < 4.78 is 31.8. The Kier molecular flexibility index (Phi) is 4.48. The van der Waals surface area contributed by atoms with E-state index < -0.39 is 10.2 Å². The number of hydrogen-bond acceptors (Lipinski definition) is 5. The van der Waals surface area contributed by atoms with Crippen molar-refractivity contribution < 1.29 is 17.7 Å². The average molecular weight is 324 g/mol. The molecule has 0 aliphatic rings. The first-order valence-electron chi connectivity index (χ1n) is 6.32. The summed E-state index contributed by atoms with van der Waals surface area (Å²) in [5, 5.41) is 6.19. The van der Waals surface area contributed by atoms with E-state index in [4.69, 9.17) is 4.52 Å². The highest BCUT2D eigenvalue weighted by molar-refractivity contribution is 7.90. The molecule has 0 spiro atoms. The number of benzene rings is 1. The summed E-state index contributed by atoms with van der Waals surface area (Å²) in [4.78, 5) is 12.0. The highest BCUT2D eigenvalue weighted by Crippen LogP contribution is 2.18. The quantitative estimate of drug-likeness (QED) is 0.866. The fraction of sp³-hybridized carbons (Fsp3) is 0.231. The summed E-state index contributed by atoms with van der Waals surface area (Å²) in [6, 6.07) is 6.38. The molecule has 0 saturated carbocycles. The molecule has 9 heteroatoms. The van der Waals surface area contributed by atoms with Crippen molar-refractivity contribution in [2.45, 2.75) is 6.92 Å². The van der Waals surface area contributed by atoms with Gasteiger partial charge in [-0.25, -0.2) is 0 Å². The molecular formula is C13H16N4O4S. The molecule has 0 unspecified atom stereocenters. The van der Waals surface area contributed by atoms with Gasteiger partial charge in [-0.3, -0.25) is 9.52 Å². The molecule has 1 amide bonds.